The van der Waals surface area contributed by atoms with E-state index in [9.17, 15) is 30.7 Å². The van der Waals surface area contributed by atoms with Gasteiger partial charge in [0.2, 0.25) is 0 Å². The van der Waals surface area contributed by atoms with Gasteiger partial charge in [-0.25, -0.2) is 4.39 Å². The van der Waals surface area contributed by atoms with E-state index in [0.717, 1.165) is 11.3 Å². The first-order valence-corrected chi connectivity index (χ1v) is 15.8. The molecule has 4 nitrogen and oxygen atoms in total. The fourth-order valence-corrected chi connectivity index (χ4v) is 6.51. The number of thiophene rings is 1. The number of piperidine rings is 1. The Hall–Kier alpha value is -2.74. The number of anilines is 2. The van der Waals surface area contributed by atoms with Crippen LogP contribution in [0.2, 0.25) is 0 Å². The monoisotopic (exact) mass is 619 g/mol. The van der Waals surface area contributed by atoms with Crippen LogP contribution in [0.1, 0.15) is 16.9 Å². The Kier molecular flexibility index (Phi) is 9.62. The van der Waals surface area contributed by atoms with Crippen LogP contribution in [-0.4, -0.2) is 69.7 Å². The minimum absolute atomic E-state index is 0.0125. The molecule has 0 saturated carbocycles. The number of likely N-dealkylation sites (tertiary alicyclic amines) is 1. The standard InChI is InChI=1S/C28H29F7N3OPS/c1-38-13-11-21(20(29)16-38)37-23-7-4-6-18-19(15-27(30,31)32)25(41-26(18)23)8-5-12-36-22-10-9-17(40(2)3)14-24(22)39-28(33,34)35/h4,6-7,9-10,14,20-21,36-37H,11-13,15-16H2,1-3H3/t20-,21+/m0/s1. The van der Waals surface area contributed by atoms with Crippen molar-refractivity contribution in [3.8, 4) is 17.6 Å². The van der Waals surface area contributed by atoms with Gasteiger partial charge in [-0.3, -0.25) is 0 Å². The van der Waals surface area contributed by atoms with Gasteiger partial charge in [-0.05, 0) is 61.3 Å². The van der Waals surface area contributed by atoms with Gasteiger partial charge in [-0.2, -0.15) is 13.2 Å². The van der Waals surface area contributed by atoms with Crippen molar-refractivity contribution in [1.82, 2.24) is 4.90 Å². The van der Waals surface area contributed by atoms with Gasteiger partial charge in [0.1, 0.15) is 6.17 Å². The maximum Gasteiger partial charge on any atom is 0.573 e. The van der Waals surface area contributed by atoms with Crippen LogP contribution in [-0.2, 0) is 6.42 Å². The molecule has 2 N–H and O–H groups in total. The zero-order chi connectivity index (χ0) is 29.9. The molecule has 1 aliphatic rings. The molecular formula is C28H29F7N3OPS. The lowest BCUT2D eigenvalue weighted by Crippen LogP contribution is -2.46. The van der Waals surface area contributed by atoms with Gasteiger partial charge in [0.25, 0.3) is 0 Å². The smallest absolute Gasteiger partial charge is 0.404 e. The zero-order valence-corrected chi connectivity index (χ0v) is 24.2. The number of hydrogen-bond acceptors (Lipinski definition) is 5. The number of fused-ring (bicyclic) bond motifs is 1. The second kappa shape index (κ2) is 12.6. The molecule has 41 heavy (non-hydrogen) atoms. The normalized spacial score (nSPS) is 18.3. The van der Waals surface area contributed by atoms with E-state index in [2.05, 4.69) is 27.2 Å². The summed E-state index contributed by atoms with van der Waals surface area (Å²) in [5.74, 6) is 5.12. The molecule has 0 spiro atoms. The van der Waals surface area contributed by atoms with Crippen LogP contribution >= 0.6 is 19.3 Å². The number of benzene rings is 2. The molecule has 13 heteroatoms. The molecule has 2 heterocycles. The van der Waals surface area contributed by atoms with Crippen LogP contribution < -0.4 is 20.7 Å². The zero-order valence-electron chi connectivity index (χ0n) is 22.5. The van der Waals surface area contributed by atoms with Crippen LogP contribution in [0, 0.1) is 11.8 Å². The molecule has 4 rings (SSSR count). The summed E-state index contributed by atoms with van der Waals surface area (Å²) in [4.78, 5) is 2.08. The first kappa shape index (κ1) is 31.2. The molecule has 1 fully saturated rings. The highest BCUT2D eigenvalue weighted by Gasteiger charge is 2.33. The first-order chi connectivity index (χ1) is 19.2. The summed E-state index contributed by atoms with van der Waals surface area (Å²) in [5, 5.41) is 7.06. The Morgan fingerprint density at radius 2 is 1.85 bits per heavy atom. The van der Waals surface area contributed by atoms with Crippen LogP contribution in [0.5, 0.6) is 5.75 Å². The summed E-state index contributed by atoms with van der Waals surface area (Å²) in [5.41, 5.74) is 0.619. The van der Waals surface area contributed by atoms with Crippen molar-refractivity contribution < 1.29 is 35.5 Å². The van der Waals surface area contributed by atoms with Crippen LogP contribution in [0.25, 0.3) is 10.1 Å². The van der Waals surface area contributed by atoms with Crippen LogP contribution in [0.15, 0.2) is 36.4 Å². The quantitative estimate of drug-likeness (QED) is 0.167. The first-order valence-electron chi connectivity index (χ1n) is 12.7. The topological polar surface area (TPSA) is 36.5 Å². The summed E-state index contributed by atoms with van der Waals surface area (Å²) in [7, 11) is 1.16. The molecule has 1 aliphatic heterocycles. The third-order valence-corrected chi connectivity index (χ3v) is 9.06. The van der Waals surface area contributed by atoms with Gasteiger partial charge < -0.3 is 20.3 Å². The van der Waals surface area contributed by atoms with Gasteiger partial charge in [0, 0.05) is 13.1 Å². The van der Waals surface area contributed by atoms with Crippen LogP contribution in [0.4, 0.5) is 42.1 Å². The molecule has 2 aromatic carbocycles. The summed E-state index contributed by atoms with van der Waals surface area (Å²) < 4.78 is 98.9. The van der Waals surface area contributed by atoms with E-state index >= 15 is 0 Å². The second-order valence-electron chi connectivity index (χ2n) is 9.98. The van der Waals surface area contributed by atoms with Gasteiger partial charge in [-0.15, -0.1) is 24.5 Å². The van der Waals surface area contributed by atoms with E-state index in [-0.39, 0.29) is 29.2 Å². The average Bonchev–Trinajstić information content (AvgIpc) is 3.19. The lowest BCUT2D eigenvalue weighted by atomic mass is 10.0. The fourth-order valence-electron chi connectivity index (χ4n) is 4.59. The van der Waals surface area contributed by atoms with Gasteiger partial charge in [0.15, 0.2) is 5.75 Å². The Morgan fingerprint density at radius 3 is 2.51 bits per heavy atom. The Balaban J connectivity index is 1.61. The van der Waals surface area contributed by atoms with Gasteiger partial charge in [-0.1, -0.05) is 38.0 Å². The van der Waals surface area contributed by atoms with Crippen molar-refractivity contribution in [3.63, 3.8) is 0 Å². The summed E-state index contributed by atoms with van der Waals surface area (Å²) >= 11 is 1.08. The van der Waals surface area contributed by atoms with Crippen molar-refractivity contribution >= 4 is 46.0 Å². The number of rotatable bonds is 7. The predicted octanol–water partition coefficient (Wildman–Crippen LogP) is 7.19. The second-order valence-corrected chi connectivity index (χ2v) is 13.3. The number of hydrogen-bond donors (Lipinski definition) is 2. The third kappa shape index (κ3) is 8.40. The highest BCUT2D eigenvalue weighted by atomic mass is 32.1. The number of ether oxygens (including phenoxy) is 1. The van der Waals surface area contributed by atoms with Crippen molar-refractivity contribution in [2.75, 3.05) is 50.6 Å². The molecular weight excluding hydrogens is 590 g/mol. The Morgan fingerprint density at radius 1 is 1.10 bits per heavy atom. The summed E-state index contributed by atoms with van der Waals surface area (Å²) in [6, 6.07) is 8.94. The molecule has 0 radical (unpaired) electrons. The highest BCUT2D eigenvalue weighted by Crippen LogP contribution is 2.40. The number of nitrogens with one attached hydrogen (secondary N) is 2. The van der Waals surface area contributed by atoms with Crippen molar-refractivity contribution in [2.24, 2.45) is 0 Å². The van der Waals surface area contributed by atoms with E-state index in [4.69, 9.17) is 0 Å². The largest absolute Gasteiger partial charge is 0.573 e. The van der Waals surface area contributed by atoms with E-state index < -0.39 is 44.8 Å². The molecule has 0 unspecified atom stereocenters. The summed E-state index contributed by atoms with van der Waals surface area (Å²) in [6.07, 6.45) is -11.2. The SMILES string of the molecule is CN1CC[C@@H](Nc2cccc3c(CC(F)(F)F)c(C#CCNc4ccc(P(C)C)cc4OC(F)(F)F)sc23)[C@@H](F)C1. The van der Waals surface area contributed by atoms with E-state index in [1.54, 1.807) is 24.3 Å². The molecule has 3 aromatic rings. The Labute approximate surface area is 239 Å². The van der Waals surface area contributed by atoms with Crippen molar-refractivity contribution in [1.29, 1.82) is 0 Å². The number of alkyl halides is 7. The average molecular weight is 620 g/mol. The number of nitrogens with zero attached hydrogens (tertiary/aromatic N) is 1. The van der Waals surface area contributed by atoms with Crippen molar-refractivity contribution in [3.05, 3.63) is 46.8 Å². The fraction of sp³-hybridized carbons (Fsp3) is 0.429. The maximum atomic E-state index is 14.7. The highest BCUT2D eigenvalue weighted by molar-refractivity contribution is 7.64. The van der Waals surface area contributed by atoms with Gasteiger partial charge in [0.05, 0.1) is 40.0 Å². The third-order valence-electron chi connectivity index (χ3n) is 6.56. The van der Waals surface area contributed by atoms with E-state index in [1.165, 1.54) is 12.1 Å². The molecule has 0 bridgehead atoms. The molecule has 2 atom stereocenters. The molecule has 1 aromatic heterocycles. The molecule has 1 saturated heterocycles. The van der Waals surface area contributed by atoms with Gasteiger partial charge >= 0.3 is 12.5 Å². The lowest BCUT2D eigenvalue weighted by Gasteiger charge is -2.33. The minimum Gasteiger partial charge on any atom is -0.404 e. The van der Waals surface area contributed by atoms with Crippen molar-refractivity contribution in [2.45, 2.75) is 37.6 Å². The lowest BCUT2D eigenvalue weighted by molar-refractivity contribution is -0.274. The van der Waals surface area contributed by atoms with E-state index in [1.807, 2.05) is 25.3 Å². The summed E-state index contributed by atoms with van der Waals surface area (Å²) in [6.45, 7) is 4.62. The molecule has 222 valence electrons. The maximum absolute atomic E-state index is 14.7. The minimum atomic E-state index is -4.89. The Bertz CT molecular complexity index is 1430. The van der Waals surface area contributed by atoms with Crippen LogP contribution in [0.3, 0.4) is 0 Å². The number of halogens is 7. The molecule has 0 aliphatic carbocycles. The van der Waals surface area contributed by atoms with E-state index in [0.29, 0.717) is 34.0 Å². The predicted molar refractivity (Wildman–Crippen MR) is 153 cm³/mol. The molecule has 0 amide bonds.